The second kappa shape index (κ2) is 5.85. The minimum absolute atomic E-state index is 0.209. The van der Waals surface area contributed by atoms with E-state index in [1.807, 2.05) is 24.9 Å². The van der Waals surface area contributed by atoms with Crippen LogP contribution in [0.15, 0.2) is 28.9 Å². The van der Waals surface area contributed by atoms with E-state index >= 15 is 0 Å². The number of benzene rings is 1. The molecule has 2 heterocycles. The van der Waals surface area contributed by atoms with Gasteiger partial charge in [-0.05, 0) is 39.1 Å². The predicted octanol–water partition coefficient (Wildman–Crippen LogP) is 3.04. The lowest BCUT2D eigenvalue weighted by atomic mass is 10.1. The number of hydrogen-bond acceptors (Lipinski definition) is 5. The van der Waals surface area contributed by atoms with Gasteiger partial charge in [0.25, 0.3) is 0 Å². The van der Waals surface area contributed by atoms with Gasteiger partial charge in [0.2, 0.25) is 0 Å². The summed E-state index contributed by atoms with van der Waals surface area (Å²) in [5.41, 5.74) is 1.68. The molecule has 0 spiro atoms. The Morgan fingerprint density at radius 3 is 2.83 bits per heavy atom. The van der Waals surface area contributed by atoms with E-state index in [2.05, 4.69) is 6.92 Å². The van der Waals surface area contributed by atoms with Gasteiger partial charge in [0, 0.05) is 23.7 Å². The van der Waals surface area contributed by atoms with Crippen LogP contribution in [0, 0.1) is 0 Å². The Morgan fingerprint density at radius 2 is 2.13 bits per heavy atom. The largest absolute Gasteiger partial charge is 0.465 e. The fraction of sp³-hybridized carbons (Fsp3) is 0.471. The summed E-state index contributed by atoms with van der Waals surface area (Å²) in [6.07, 6.45) is 0.268. The van der Waals surface area contributed by atoms with E-state index in [0.29, 0.717) is 23.1 Å². The first-order valence-corrected chi connectivity index (χ1v) is 7.66. The molecule has 3 unspecified atom stereocenters. The fourth-order valence-electron chi connectivity index (χ4n) is 3.08. The van der Waals surface area contributed by atoms with Crippen LogP contribution in [0.1, 0.15) is 24.2 Å². The Kier molecular flexibility index (Phi) is 4.02. The summed E-state index contributed by atoms with van der Waals surface area (Å²) in [5, 5.41) is 0.640. The number of ether oxygens (including phenoxy) is 1. The zero-order valence-electron chi connectivity index (χ0n) is 13.7. The molecule has 1 aromatic carbocycles. The Bertz CT molecular complexity index is 730. The van der Waals surface area contributed by atoms with E-state index < -0.39 is 12.3 Å². The molecule has 1 saturated heterocycles. The number of anilines is 1. The number of hydrogen-bond donors (Lipinski definition) is 0. The number of nitrogens with zero attached hydrogens (tertiary/aromatic N) is 2. The third kappa shape index (κ3) is 2.57. The molecule has 5 nitrogen and oxygen atoms in total. The van der Waals surface area contributed by atoms with Crippen LogP contribution >= 0.6 is 0 Å². The second-order valence-electron chi connectivity index (χ2n) is 6.10. The van der Waals surface area contributed by atoms with Crippen LogP contribution in [0.2, 0.25) is 0 Å². The molecule has 0 aliphatic carbocycles. The van der Waals surface area contributed by atoms with Crippen LogP contribution in [0.3, 0.4) is 0 Å². The van der Waals surface area contributed by atoms with Gasteiger partial charge < -0.3 is 14.1 Å². The molecule has 124 valence electrons. The number of alkyl halides is 1. The van der Waals surface area contributed by atoms with E-state index in [-0.39, 0.29) is 12.1 Å². The number of methoxy groups -OCH3 is 1. The first kappa shape index (κ1) is 15.8. The average molecular weight is 320 g/mol. The Hall–Kier alpha value is -2.08. The minimum Gasteiger partial charge on any atom is -0.465 e. The molecule has 1 aliphatic heterocycles. The average Bonchev–Trinajstić information content (AvgIpc) is 2.98. The maximum Gasteiger partial charge on any atom is 0.341 e. The van der Waals surface area contributed by atoms with Crippen LogP contribution in [-0.2, 0) is 4.74 Å². The summed E-state index contributed by atoms with van der Waals surface area (Å²) in [4.78, 5) is 15.6. The molecule has 2 aromatic rings. The number of esters is 1. The first-order valence-electron chi connectivity index (χ1n) is 7.66. The van der Waals surface area contributed by atoms with Gasteiger partial charge in [0.1, 0.15) is 17.4 Å². The zero-order valence-corrected chi connectivity index (χ0v) is 13.7. The normalized spacial score (nSPS) is 25.8. The highest BCUT2D eigenvalue weighted by molar-refractivity contribution is 6.04. The number of fused-ring (bicyclic) bond motifs is 1. The van der Waals surface area contributed by atoms with Crippen molar-refractivity contribution in [3.05, 3.63) is 30.0 Å². The van der Waals surface area contributed by atoms with Gasteiger partial charge in [-0.25, -0.2) is 9.18 Å². The van der Waals surface area contributed by atoms with Crippen molar-refractivity contribution in [1.29, 1.82) is 0 Å². The van der Waals surface area contributed by atoms with Crippen LogP contribution in [0.25, 0.3) is 11.0 Å². The van der Waals surface area contributed by atoms with Crippen LogP contribution in [0.4, 0.5) is 10.1 Å². The summed E-state index contributed by atoms with van der Waals surface area (Å²) < 4.78 is 24.9. The van der Waals surface area contributed by atoms with Gasteiger partial charge in [-0.2, -0.15) is 0 Å². The summed E-state index contributed by atoms with van der Waals surface area (Å²) in [5.74, 6) is -0.460. The molecule has 0 saturated carbocycles. The van der Waals surface area contributed by atoms with Crippen LogP contribution in [0.5, 0.6) is 0 Å². The molecule has 0 N–H and O–H groups in total. The predicted molar refractivity (Wildman–Crippen MR) is 86.5 cm³/mol. The van der Waals surface area contributed by atoms with Gasteiger partial charge >= 0.3 is 5.97 Å². The van der Waals surface area contributed by atoms with Gasteiger partial charge in [-0.3, -0.25) is 4.90 Å². The Morgan fingerprint density at radius 1 is 1.39 bits per heavy atom. The van der Waals surface area contributed by atoms with Crippen LogP contribution in [-0.4, -0.2) is 50.0 Å². The highest BCUT2D eigenvalue weighted by Gasteiger charge is 2.36. The van der Waals surface area contributed by atoms with Gasteiger partial charge in [0.15, 0.2) is 6.30 Å². The van der Waals surface area contributed by atoms with Crippen molar-refractivity contribution in [3.63, 3.8) is 0 Å². The number of piperazine rings is 1. The van der Waals surface area contributed by atoms with E-state index in [1.165, 1.54) is 13.4 Å². The van der Waals surface area contributed by atoms with Crippen molar-refractivity contribution in [3.8, 4) is 0 Å². The molecule has 6 heteroatoms. The van der Waals surface area contributed by atoms with Gasteiger partial charge in [-0.1, -0.05) is 0 Å². The van der Waals surface area contributed by atoms with E-state index in [1.54, 1.807) is 17.0 Å². The highest BCUT2D eigenvalue weighted by atomic mass is 19.1. The molecule has 1 fully saturated rings. The van der Waals surface area contributed by atoms with E-state index in [0.717, 1.165) is 5.69 Å². The molecule has 0 amide bonds. The zero-order chi connectivity index (χ0) is 16.7. The lowest BCUT2D eigenvalue weighted by Gasteiger charge is -2.45. The standard InChI is InChI=1S/C17H21FN2O3/c1-10-8-20(16(18)11(2)19(10)3)12-5-6-15-13(7-12)14(9-23-15)17(21)22-4/h5-7,9-11,16H,8H2,1-4H3. The summed E-state index contributed by atoms with van der Waals surface area (Å²) in [6, 6.07) is 5.40. The summed E-state index contributed by atoms with van der Waals surface area (Å²) in [6.45, 7) is 4.54. The lowest BCUT2D eigenvalue weighted by Crippen LogP contribution is -2.59. The molecule has 0 radical (unpaired) electrons. The highest BCUT2D eigenvalue weighted by Crippen LogP contribution is 2.31. The van der Waals surface area contributed by atoms with Crippen molar-refractivity contribution in [2.45, 2.75) is 32.2 Å². The molecular weight excluding hydrogens is 299 g/mol. The maximum absolute atomic E-state index is 14.8. The van der Waals surface area contributed by atoms with E-state index in [9.17, 15) is 9.18 Å². The van der Waals surface area contributed by atoms with Crippen molar-refractivity contribution < 1.29 is 18.3 Å². The third-order valence-corrected chi connectivity index (χ3v) is 4.79. The monoisotopic (exact) mass is 320 g/mol. The van der Waals surface area contributed by atoms with Crippen molar-refractivity contribution in [2.75, 3.05) is 25.6 Å². The number of rotatable bonds is 2. The SMILES string of the molecule is COC(=O)c1coc2ccc(N3CC(C)N(C)C(C)C3F)cc12. The van der Waals surface area contributed by atoms with Crippen molar-refractivity contribution in [1.82, 2.24) is 4.90 Å². The molecule has 23 heavy (non-hydrogen) atoms. The molecule has 3 atom stereocenters. The van der Waals surface area contributed by atoms with Crippen molar-refractivity contribution >= 4 is 22.6 Å². The summed E-state index contributed by atoms with van der Waals surface area (Å²) >= 11 is 0. The lowest BCUT2D eigenvalue weighted by molar-refractivity contribution is 0.0602. The minimum atomic E-state index is -1.11. The third-order valence-electron chi connectivity index (χ3n) is 4.79. The number of halogens is 1. The van der Waals surface area contributed by atoms with E-state index in [4.69, 9.17) is 9.15 Å². The van der Waals surface area contributed by atoms with Crippen LogP contribution < -0.4 is 4.90 Å². The maximum atomic E-state index is 14.8. The topological polar surface area (TPSA) is 45.9 Å². The number of carbonyl (C=O) groups excluding carboxylic acids is 1. The van der Waals surface area contributed by atoms with Gasteiger partial charge in [-0.15, -0.1) is 0 Å². The fourth-order valence-corrected chi connectivity index (χ4v) is 3.08. The second-order valence-corrected chi connectivity index (χ2v) is 6.10. The molecule has 0 bridgehead atoms. The number of likely N-dealkylation sites (N-methyl/N-ethyl adjacent to an activating group) is 1. The molecule has 3 rings (SSSR count). The van der Waals surface area contributed by atoms with Crippen molar-refractivity contribution in [2.24, 2.45) is 0 Å². The number of carbonyl (C=O) groups is 1. The van der Waals surface area contributed by atoms with Gasteiger partial charge in [0.05, 0.1) is 13.2 Å². The summed E-state index contributed by atoms with van der Waals surface area (Å²) in [7, 11) is 3.26. The Labute approximate surface area is 134 Å². The molecule has 1 aromatic heterocycles. The molecular formula is C17H21FN2O3. The smallest absolute Gasteiger partial charge is 0.341 e. The first-order chi connectivity index (χ1) is 10.9. The Balaban J connectivity index is 2.01. The quantitative estimate of drug-likeness (QED) is 0.629. The number of furan rings is 1. The molecule has 1 aliphatic rings.